The van der Waals surface area contributed by atoms with Crippen LogP contribution in [-0.4, -0.2) is 64.3 Å². The summed E-state index contributed by atoms with van der Waals surface area (Å²) < 4.78 is 31.3. The van der Waals surface area contributed by atoms with Gasteiger partial charge in [-0.25, -0.2) is 8.42 Å². The second-order valence-electron chi connectivity index (χ2n) is 8.22. The summed E-state index contributed by atoms with van der Waals surface area (Å²) >= 11 is 0. The number of nitrogens with zero attached hydrogens (tertiary/aromatic N) is 2. The molecule has 3 atom stereocenters. The fraction of sp³-hybridized carbons (Fsp3) is 0.650. The van der Waals surface area contributed by atoms with Crippen molar-refractivity contribution >= 4 is 21.6 Å². The van der Waals surface area contributed by atoms with Crippen molar-refractivity contribution in [2.45, 2.75) is 32.8 Å². The second kappa shape index (κ2) is 8.69. The number of amides is 1. The smallest absolute Gasteiger partial charge is 0.263 e. The largest absolute Gasteiger partial charge is 0.476 e. The molecule has 0 aromatic heterocycles. The van der Waals surface area contributed by atoms with E-state index in [9.17, 15) is 13.2 Å². The topological polar surface area (TPSA) is 79.0 Å². The maximum absolute atomic E-state index is 12.6. The molecule has 7 nitrogen and oxygen atoms in total. The van der Waals surface area contributed by atoms with Gasteiger partial charge >= 0.3 is 0 Å². The molecule has 8 heteroatoms. The van der Waals surface area contributed by atoms with Gasteiger partial charge in [-0.05, 0) is 43.4 Å². The Bertz CT molecular complexity index is 788. The number of carbonyl (C=O) groups is 1. The molecular formula is C20H31N3O4S. The number of rotatable bonds is 6. The minimum absolute atomic E-state index is 0.0111. The number of piperidine rings is 1. The summed E-state index contributed by atoms with van der Waals surface area (Å²) in [5, 5.41) is 2.91. The molecule has 0 bridgehead atoms. The highest BCUT2D eigenvalue weighted by Gasteiger charge is 2.34. The minimum atomic E-state index is -3.49. The van der Waals surface area contributed by atoms with E-state index in [0.29, 0.717) is 18.0 Å². The maximum Gasteiger partial charge on any atom is 0.263 e. The molecule has 3 rings (SSSR count). The molecule has 0 aliphatic carbocycles. The number of hydrogen-bond donors (Lipinski definition) is 1. The van der Waals surface area contributed by atoms with E-state index in [4.69, 9.17) is 4.74 Å². The van der Waals surface area contributed by atoms with E-state index < -0.39 is 16.1 Å². The molecule has 1 saturated heterocycles. The summed E-state index contributed by atoms with van der Waals surface area (Å²) in [5.74, 6) is 1.58. The van der Waals surface area contributed by atoms with E-state index in [1.54, 1.807) is 24.3 Å². The van der Waals surface area contributed by atoms with Gasteiger partial charge in [0, 0.05) is 19.6 Å². The molecule has 2 heterocycles. The van der Waals surface area contributed by atoms with Gasteiger partial charge in [-0.15, -0.1) is 0 Å². The van der Waals surface area contributed by atoms with Gasteiger partial charge in [0.05, 0.1) is 18.5 Å². The molecule has 2 aliphatic rings. The number of nitrogens with one attached hydrogen (secondary N) is 1. The third-order valence-electron chi connectivity index (χ3n) is 5.32. The Morgan fingerprint density at radius 2 is 1.86 bits per heavy atom. The van der Waals surface area contributed by atoms with E-state index in [0.717, 1.165) is 44.1 Å². The van der Waals surface area contributed by atoms with Crippen LogP contribution in [0.25, 0.3) is 0 Å². The van der Waals surface area contributed by atoms with Crippen LogP contribution in [0, 0.1) is 11.8 Å². The Kier molecular flexibility index (Phi) is 6.50. The van der Waals surface area contributed by atoms with Gasteiger partial charge in [0.2, 0.25) is 10.0 Å². The first-order valence-electron chi connectivity index (χ1n) is 9.97. The highest BCUT2D eigenvalue weighted by molar-refractivity contribution is 7.92. The molecule has 0 saturated carbocycles. The molecule has 1 N–H and O–H groups in total. The quantitative estimate of drug-likeness (QED) is 0.724. The van der Waals surface area contributed by atoms with Crippen molar-refractivity contribution in [3.8, 4) is 5.75 Å². The van der Waals surface area contributed by atoms with Crippen LogP contribution in [0.2, 0.25) is 0 Å². The van der Waals surface area contributed by atoms with Gasteiger partial charge in [0.15, 0.2) is 6.10 Å². The summed E-state index contributed by atoms with van der Waals surface area (Å²) in [6, 6.07) is 6.89. The predicted molar refractivity (Wildman–Crippen MR) is 110 cm³/mol. The number of hydrogen-bond acceptors (Lipinski definition) is 5. The summed E-state index contributed by atoms with van der Waals surface area (Å²) in [4.78, 5) is 15.0. The first kappa shape index (κ1) is 20.9. The van der Waals surface area contributed by atoms with E-state index in [2.05, 4.69) is 24.1 Å². The first-order valence-corrected chi connectivity index (χ1v) is 11.8. The zero-order chi connectivity index (χ0) is 20.3. The standard InChI is InChI=1S/C20H31N3O4S/c1-15-11-16(2)13-22(12-15)10-6-9-21-20(24)19-14-23(28(3,25)26)17-7-4-5-8-18(17)27-19/h4-5,7-8,15-16,19H,6,9-14H2,1-3H3,(H,21,24)/t15-,16+,19-/m1/s1. The number of anilines is 1. The molecule has 1 fully saturated rings. The van der Waals surface area contributed by atoms with Crippen molar-refractivity contribution in [2.75, 3.05) is 43.3 Å². The highest BCUT2D eigenvalue weighted by atomic mass is 32.2. The van der Waals surface area contributed by atoms with Crippen LogP contribution in [0.4, 0.5) is 5.69 Å². The highest BCUT2D eigenvalue weighted by Crippen LogP contribution is 2.34. The van der Waals surface area contributed by atoms with E-state index in [-0.39, 0.29) is 12.5 Å². The Morgan fingerprint density at radius 3 is 2.54 bits per heavy atom. The number of carbonyl (C=O) groups excluding carboxylic acids is 1. The predicted octanol–water partition coefficient (Wildman–Crippen LogP) is 1.70. The lowest BCUT2D eigenvalue weighted by Gasteiger charge is -2.35. The van der Waals surface area contributed by atoms with Crippen LogP contribution in [0.5, 0.6) is 5.75 Å². The fourth-order valence-electron chi connectivity index (χ4n) is 4.26. The molecule has 1 aromatic carbocycles. The molecule has 0 unspecified atom stereocenters. The summed E-state index contributed by atoms with van der Waals surface area (Å²) in [7, 11) is -3.49. The Hall–Kier alpha value is -1.80. The molecule has 28 heavy (non-hydrogen) atoms. The molecule has 2 aliphatic heterocycles. The van der Waals surface area contributed by atoms with E-state index in [1.165, 1.54) is 10.7 Å². The lowest BCUT2D eigenvalue weighted by Crippen LogP contribution is -2.50. The van der Waals surface area contributed by atoms with Crippen molar-refractivity contribution in [3.05, 3.63) is 24.3 Å². The normalized spacial score (nSPS) is 25.7. The Balaban J connectivity index is 1.52. The van der Waals surface area contributed by atoms with Gasteiger partial charge in [-0.1, -0.05) is 26.0 Å². The van der Waals surface area contributed by atoms with Crippen molar-refractivity contribution in [1.82, 2.24) is 10.2 Å². The van der Waals surface area contributed by atoms with Crippen molar-refractivity contribution in [1.29, 1.82) is 0 Å². The van der Waals surface area contributed by atoms with Crippen LogP contribution in [0.15, 0.2) is 24.3 Å². The van der Waals surface area contributed by atoms with Gasteiger partial charge < -0.3 is 15.0 Å². The number of ether oxygens (including phenoxy) is 1. The third kappa shape index (κ3) is 5.17. The zero-order valence-corrected chi connectivity index (χ0v) is 17.7. The molecule has 0 radical (unpaired) electrons. The van der Waals surface area contributed by atoms with Gasteiger partial charge in [-0.3, -0.25) is 9.10 Å². The van der Waals surface area contributed by atoms with E-state index >= 15 is 0 Å². The lowest BCUT2D eigenvalue weighted by atomic mass is 9.92. The monoisotopic (exact) mass is 409 g/mol. The summed E-state index contributed by atoms with van der Waals surface area (Å²) in [6.07, 6.45) is 2.44. The number of para-hydroxylation sites is 2. The summed E-state index contributed by atoms with van der Waals surface area (Å²) in [6.45, 7) is 8.31. The molecule has 1 aromatic rings. The van der Waals surface area contributed by atoms with Crippen molar-refractivity contribution in [3.63, 3.8) is 0 Å². The molecule has 0 spiro atoms. The minimum Gasteiger partial charge on any atom is -0.476 e. The number of sulfonamides is 1. The number of likely N-dealkylation sites (tertiary alicyclic amines) is 1. The SMILES string of the molecule is C[C@@H]1C[C@H](C)CN(CCCNC(=O)[C@H]2CN(S(C)(=O)=O)c3ccccc3O2)C1. The lowest BCUT2D eigenvalue weighted by molar-refractivity contribution is -0.127. The average molecular weight is 410 g/mol. The first-order chi connectivity index (χ1) is 13.2. The Morgan fingerprint density at radius 1 is 1.18 bits per heavy atom. The van der Waals surface area contributed by atoms with Crippen LogP contribution in [0.3, 0.4) is 0 Å². The molecular weight excluding hydrogens is 378 g/mol. The third-order valence-corrected chi connectivity index (χ3v) is 6.47. The van der Waals surface area contributed by atoms with Gasteiger partial charge in [-0.2, -0.15) is 0 Å². The van der Waals surface area contributed by atoms with Crippen molar-refractivity contribution < 1.29 is 17.9 Å². The van der Waals surface area contributed by atoms with Crippen molar-refractivity contribution in [2.24, 2.45) is 11.8 Å². The zero-order valence-electron chi connectivity index (χ0n) is 16.9. The van der Waals surface area contributed by atoms with Crippen LogP contribution in [0.1, 0.15) is 26.7 Å². The number of fused-ring (bicyclic) bond motifs is 1. The second-order valence-corrected chi connectivity index (χ2v) is 10.1. The van der Waals surface area contributed by atoms with E-state index in [1.807, 2.05) is 0 Å². The number of benzene rings is 1. The maximum atomic E-state index is 12.6. The van der Waals surface area contributed by atoms with Crippen LogP contribution >= 0.6 is 0 Å². The van der Waals surface area contributed by atoms with Gasteiger partial charge in [0.25, 0.3) is 5.91 Å². The van der Waals surface area contributed by atoms with Crippen LogP contribution < -0.4 is 14.4 Å². The molecule has 1 amide bonds. The fourth-order valence-corrected chi connectivity index (χ4v) is 5.17. The van der Waals surface area contributed by atoms with Crippen LogP contribution in [-0.2, 0) is 14.8 Å². The molecule has 156 valence electrons. The summed E-state index contributed by atoms with van der Waals surface area (Å²) in [5.41, 5.74) is 0.474. The Labute approximate surface area is 168 Å². The average Bonchev–Trinajstić information content (AvgIpc) is 2.62. The van der Waals surface area contributed by atoms with Gasteiger partial charge in [0.1, 0.15) is 5.75 Å².